The van der Waals surface area contributed by atoms with Crippen molar-refractivity contribution in [3.05, 3.63) is 65.7 Å². The Bertz CT molecular complexity index is 985. The molecule has 3 atom stereocenters. The van der Waals surface area contributed by atoms with Crippen LogP contribution >= 0.6 is 0 Å². The van der Waals surface area contributed by atoms with Gasteiger partial charge in [-0.1, -0.05) is 44.2 Å². The van der Waals surface area contributed by atoms with Crippen LogP contribution in [0, 0.1) is 16.7 Å². The van der Waals surface area contributed by atoms with Crippen molar-refractivity contribution in [1.82, 2.24) is 0 Å². The number of nitriles is 1. The maximum absolute atomic E-state index is 9.43. The molecule has 1 unspecified atom stereocenters. The van der Waals surface area contributed by atoms with Gasteiger partial charge in [-0.25, -0.2) is 0 Å². The highest BCUT2D eigenvalue weighted by molar-refractivity contribution is 5.90. The average molecular weight is 327 g/mol. The average Bonchev–Trinajstić information content (AvgIpc) is 2.98. The predicted molar refractivity (Wildman–Crippen MR) is 101 cm³/mol. The molecule has 5 rings (SSSR count). The largest absolute Gasteiger partial charge is 0.351 e. The van der Waals surface area contributed by atoms with Gasteiger partial charge in [-0.3, -0.25) is 0 Å². The molecule has 2 aromatic carbocycles. The van der Waals surface area contributed by atoms with Crippen molar-refractivity contribution in [3.63, 3.8) is 0 Å². The zero-order valence-electron chi connectivity index (χ0n) is 14.9. The first-order valence-electron chi connectivity index (χ1n) is 8.88. The fourth-order valence-electron chi connectivity index (χ4n) is 5.76. The Balaban J connectivity index is 1.87. The summed E-state index contributed by atoms with van der Waals surface area (Å²) in [4.78, 5) is 4.82. The summed E-state index contributed by atoms with van der Waals surface area (Å²) in [6, 6.07) is 17.0. The molecule has 124 valence electrons. The molecule has 2 aliphatic heterocycles. The molecule has 2 aromatic rings. The first kappa shape index (κ1) is 14.6. The molecule has 1 fully saturated rings. The van der Waals surface area contributed by atoms with Gasteiger partial charge in [0.15, 0.2) is 0 Å². The second-order valence-electron chi connectivity index (χ2n) is 7.63. The van der Waals surface area contributed by atoms with E-state index >= 15 is 0 Å². The molecule has 0 aromatic heterocycles. The Morgan fingerprint density at radius 2 is 1.88 bits per heavy atom. The lowest BCUT2D eigenvalue weighted by Gasteiger charge is -2.44. The molecule has 25 heavy (non-hydrogen) atoms. The SMILES string of the molecule is C=C1C2(CC)c3ccc(C#N)cc3N3c4ccccc4N(C)[C@@H]3[C@]12C. The molecular formula is C22H21N3. The molecular weight excluding hydrogens is 306 g/mol. The first-order valence-corrected chi connectivity index (χ1v) is 8.88. The monoisotopic (exact) mass is 327 g/mol. The number of benzene rings is 2. The molecule has 3 nitrogen and oxygen atoms in total. The minimum absolute atomic E-state index is 0.00773. The molecule has 2 heterocycles. The van der Waals surface area contributed by atoms with Crippen LogP contribution in [-0.2, 0) is 5.41 Å². The van der Waals surface area contributed by atoms with E-state index in [1.165, 1.54) is 28.2 Å². The van der Waals surface area contributed by atoms with Crippen LogP contribution in [-0.4, -0.2) is 13.2 Å². The summed E-state index contributed by atoms with van der Waals surface area (Å²) in [7, 11) is 2.18. The summed E-state index contributed by atoms with van der Waals surface area (Å²) >= 11 is 0. The maximum atomic E-state index is 9.43. The van der Waals surface area contributed by atoms with Gasteiger partial charge in [0, 0.05) is 23.6 Å². The number of para-hydroxylation sites is 2. The van der Waals surface area contributed by atoms with Crippen molar-refractivity contribution >= 4 is 17.1 Å². The second-order valence-corrected chi connectivity index (χ2v) is 7.63. The fourth-order valence-corrected chi connectivity index (χ4v) is 5.76. The van der Waals surface area contributed by atoms with Crippen LogP contribution in [0.1, 0.15) is 31.4 Å². The number of rotatable bonds is 1. The lowest BCUT2D eigenvalue weighted by atomic mass is 9.78. The van der Waals surface area contributed by atoms with E-state index in [1.807, 2.05) is 6.07 Å². The third-order valence-electron chi connectivity index (χ3n) is 6.99. The standard InChI is InChI=1S/C22H21N3/c1-5-22-14(2)21(22,3)20-24(4)17-8-6-7-9-18(17)25(20)19-12-15(13-23)10-11-16(19)22/h6-12,20H,2,5H2,1,3-4H3/t20-,21-,22?/m0/s1. The summed E-state index contributed by atoms with van der Waals surface area (Å²) in [5, 5.41) is 9.43. The molecule has 0 spiro atoms. The molecule has 3 aliphatic rings. The van der Waals surface area contributed by atoms with E-state index in [0.29, 0.717) is 5.56 Å². The molecule has 0 amide bonds. The van der Waals surface area contributed by atoms with Crippen LogP contribution in [0.5, 0.6) is 0 Å². The summed E-state index contributed by atoms with van der Waals surface area (Å²) in [6.45, 7) is 9.13. The molecule has 1 aliphatic carbocycles. The van der Waals surface area contributed by atoms with Crippen LogP contribution in [0.4, 0.5) is 17.1 Å². The highest BCUT2D eigenvalue weighted by atomic mass is 15.4. The highest BCUT2D eigenvalue weighted by Gasteiger charge is 2.77. The van der Waals surface area contributed by atoms with Gasteiger partial charge in [-0.05, 0) is 36.2 Å². The van der Waals surface area contributed by atoms with E-state index in [9.17, 15) is 5.26 Å². The van der Waals surface area contributed by atoms with Gasteiger partial charge >= 0.3 is 0 Å². The van der Waals surface area contributed by atoms with Crippen molar-refractivity contribution in [1.29, 1.82) is 5.26 Å². The van der Waals surface area contributed by atoms with Crippen molar-refractivity contribution < 1.29 is 0 Å². The molecule has 1 saturated carbocycles. The summed E-state index contributed by atoms with van der Waals surface area (Å²) < 4.78 is 0. The zero-order valence-corrected chi connectivity index (χ0v) is 14.9. The Morgan fingerprint density at radius 1 is 1.16 bits per heavy atom. The first-order chi connectivity index (χ1) is 12.0. The molecule has 0 bridgehead atoms. The normalized spacial score (nSPS) is 31.0. The summed E-state index contributed by atoms with van der Waals surface area (Å²) in [5.74, 6) is 0. The highest BCUT2D eigenvalue weighted by Crippen LogP contribution is 2.78. The number of nitrogens with zero attached hydrogens (tertiary/aromatic N) is 3. The van der Waals surface area contributed by atoms with Gasteiger partial charge in [-0.2, -0.15) is 5.26 Å². The maximum Gasteiger partial charge on any atom is 0.116 e. The quantitative estimate of drug-likeness (QED) is 0.711. The Kier molecular flexibility index (Phi) is 2.49. The van der Waals surface area contributed by atoms with E-state index < -0.39 is 0 Å². The van der Waals surface area contributed by atoms with E-state index in [0.717, 1.165) is 6.42 Å². The van der Waals surface area contributed by atoms with Gasteiger partial charge < -0.3 is 9.80 Å². The minimum atomic E-state index is 0.00773. The van der Waals surface area contributed by atoms with Crippen LogP contribution in [0.3, 0.4) is 0 Å². The van der Waals surface area contributed by atoms with Crippen molar-refractivity contribution in [2.75, 3.05) is 16.8 Å². The van der Waals surface area contributed by atoms with E-state index in [4.69, 9.17) is 0 Å². The third-order valence-corrected chi connectivity index (χ3v) is 6.99. The second kappa shape index (κ2) is 4.26. The lowest BCUT2D eigenvalue weighted by Crippen LogP contribution is -2.50. The smallest absolute Gasteiger partial charge is 0.116 e. The molecule has 0 saturated heterocycles. The lowest BCUT2D eigenvalue weighted by molar-refractivity contribution is 0.349. The fraction of sp³-hybridized carbons (Fsp3) is 0.318. The predicted octanol–water partition coefficient (Wildman–Crippen LogP) is 4.71. The zero-order chi connectivity index (χ0) is 17.6. The van der Waals surface area contributed by atoms with Crippen LogP contribution < -0.4 is 9.80 Å². The molecule has 0 radical (unpaired) electrons. The Labute approximate surface area is 148 Å². The summed E-state index contributed by atoms with van der Waals surface area (Å²) in [6.07, 6.45) is 1.24. The van der Waals surface area contributed by atoms with Gasteiger partial charge in [0.05, 0.1) is 23.0 Å². The Hall–Kier alpha value is -2.73. The van der Waals surface area contributed by atoms with Crippen LogP contribution in [0.2, 0.25) is 0 Å². The number of hydrogen-bond donors (Lipinski definition) is 0. The van der Waals surface area contributed by atoms with E-state index in [-0.39, 0.29) is 17.0 Å². The van der Waals surface area contributed by atoms with E-state index in [2.05, 4.69) is 79.7 Å². The number of hydrogen-bond acceptors (Lipinski definition) is 3. The van der Waals surface area contributed by atoms with Crippen LogP contribution in [0.15, 0.2) is 54.6 Å². The number of anilines is 3. The minimum Gasteiger partial charge on any atom is -0.351 e. The van der Waals surface area contributed by atoms with Crippen LogP contribution in [0.25, 0.3) is 0 Å². The van der Waals surface area contributed by atoms with Gasteiger partial charge in [0.1, 0.15) is 6.17 Å². The van der Waals surface area contributed by atoms with Gasteiger partial charge in [-0.15, -0.1) is 0 Å². The van der Waals surface area contributed by atoms with Gasteiger partial charge in [0.25, 0.3) is 0 Å². The topological polar surface area (TPSA) is 30.3 Å². The van der Waals surface area contributed by atoms with Crippen molar-refractivity contribution in [3.8, 4) is 6.07 Å². The molecule has 3 heteroatoms. The third kappa shape index (κ3) is 1.32. The van der Waals surface area contributed by atoms with Gasteiger partial charge in [0.2, 0.25) is 0 Å². The molecule has 0 N–H and O–H groups in total. The van der Waals surface area contributed by atoms with E-state index in [1.54, 1.807) is 0 Å². The van der Waals surface area contributed by atoms with Crippen molar-refractivity contribution in [2.24, 2.45) is 5.41 Å². The van der Waals surface area contributed by atoms with Crippen molar-refractivity contribution in [2.45, 2.75) is 31.8 Å². The number of fused-ring (bicyclic) bond motifs is 8. The Morgan fingerprint density at radius 3 is 2.56 bits per heavy atom. The summed E-state index contributed by atoms with van der Waals surface area (Å²) in [5.41, 5.74) is 7.00.